The number of Topliss-reactive ketones (excluding diaryl/α,β-unsaturated/α-hetero) is 2. The minimum absolute atomic E-state index is 0.00817. The number of amides is 1. The molecule has 3 aromatic rings. The third-order valence-corrected chi connectivity index (χ3v) is 6.89. The van der Waals surface area contributed by atoms with Crippen molar-refractivity contribution in [3.05, 3.63) is 69.7 Å². The second-order valence-corrected chi connectivity index (χ2v) is 10.7. The fourth-order valence-corrected chi connectivity index (χ4v) is 4.52. The lowest BCUT2D eigenvalue weighted by Gasteiger charge is -2.23. The van der Waals surface area contributed by atoms with E-state index in [4.69, 9.17) is 4.74 Å². The van der Waals surface area contributed by atoms with E-state index in [9.17, 15) is 14.4 Å². The predicted octanol–water partition coefficient (Wildman–Crippen LogP) is 6.71. The second-order valence-electron chi connectivity index (χ2n) is 9.85. The topological polar surface area (TPSA) is 72.5 Å². The van der Waals surface area contributed by atoms with Crippen LogP contribution in [0, 0.1) is 5.92 Å². The van der Waals surface area contributed by atoms with Crippen LogP contribution >= 0.6 is 15.9 Å². The maximum absolute atomic E-state index is 13.2. The number of anilines is 1. The van der Waals surface area contributed by atoms with Crippen molar-refractivity contribution in [3.8, 4) is 5.75 Å². The number of carbonyl (C=O) groups excluding carboxylic acids is 3. The van der Waals surface area contributed by atoms with Gasteiger partial charge in [-0.2, -0.15) is 0 Å². The zero-order chi connectivity index (χ0) is 24.6. The van der Waals surface area contributed by atoms with E-state index in [0.29, 0.717) is 40.3 Å². The third-order valence-electron chi connectivity index (χ3n) is 6.20. The average molecular weight is 522 g/mol. The lowest BCUT2D eigenvalue weighted by molar-refractivity contribution is -0.112. The van der Waals surface area contributed by atoms with Crippen LogP contribution in [0.15, 0.2) is 53.0 Å². The van der Waals surface area contributed by atoms with Gasteiger partial charge in [0.25, 0.3) is 11.7 Å². The Morgan fingerprint density at radius 3 is 2.29 bits per heavy atom. The fraction of sp³-hybridized carbons (Fsp3) is 0.321. The first-order valence-electron chi connectivity index (χ1n) is 11.4. The summed E-state index contributed by atoms with van der Waals surface area (Å²) in [6.45, 7) is 6.11. The molecule has 1 aliphatic rings. The highest BCUT2D eigenvalue weighted by molar-refractivity contribution is 9.10. The molecule has 4 rings (SSSR count). The molecular formula is C28H28BrNO4. The van der Waals surface area contributed by atoms with Gasteiger partial charge in [-0.05, 0) is 64.8 Å². The lowest BCUT2D eigenvalue weighted by Crippen LogP contribution is -2.24. The molecule has 1 aliphatic carbocycles. The van der Waals surface area contributed by atoms with Crippen molar-refractivity contribution in [1.82, 2.24) is 0 Å². The maximum atomic E-state index is 13.2. The molecule has 1 amide bonds. The Morgan fingerprint density at radius 1 is 1.00 bits per heavy atom. The molecule has 1 N–H and O–H groups in total. The molecule has 34 heavy (non-hydrogen) atoms. The van der Waals surface area contributed by atoms with Gasteiger partial charge in [0, 0.05) is 16.5 Å². The van der Waals surface area contributed by atoms with Crippen LogP contribution in [0.5, 0.6) is 5.75 Å². The predicted molar refractivity (Wildman–Crippen MR) is 138 cm³/mol. The van der Waals surface area contributed by atoms with Crippen LogP contribution in [-0.4, -0.2) is 24.6 Å². The largest absolute Gasteiger partial charge is 0.494 e. The van der Waals surface area contributed by atoms with E-state index >= 15 is 0 Å². The number of halogens is 1. The van der Waals surface area contributed by atoms with Gasteiger partial charge in [-0.1, -0.05) is 61.0 Å². The van der Waals surface area contributed by atoms with Gasteiger partial charge in [0.05, 0.1) is 18.4 Å². The molecule has 0 unspecified atom stereocenters. The van der Waals surface area contributed by atoms with E-state index in [1.54, 1.807) is 18.2 Å². The van der Waals surface area contributed by atoms with Crippen LogP contribution in [0.2, 0.25) is 0 Å². The summed E-state index contributed by atoms with van der Waals surface area (Å²) in [5.41, 5.74) is 1.69. The zero-order valence-electron chi connectivity index (χ0n) is 19.8. The molecule has 6 heteroatoms. The van der Waals surface area contributed by atoms with Crippen molar-refractivity contribution < 1.29 is 19.1 Å². The first-order chi connectivity index (χ1) is 16.1. The highest BCUT2D eigenvalue weighted by Gasteiger charge is 2.30. The minimum Gasteiger partial charge on any atom is -0.494 e. The van der Waals surface area contributed by atoms with Crippen LogP contribution in [0.3, 0.4) is 0 Å². The molecule has 5 nitrogen and oxygen atoms in total. The summed E-state index contributed by atoms with van der Waals surface area (Å²) in [6.07, 6.45) is 2.58. The van der Waals surface area contributed by atoms with Crippen molar-refractivity contribution >= 4 is 49.9 Å². The van der Waals surface area contributed by atoms with E-state index in [0.717, 1.165) is 28.3 Å². The number of ketones is 2. The van der Waals surface area contributed by atoms with Crippen molar-refractivity contribution in [3.63, 3.8) is 0 Å². The van der Waals surface area contributed by atoms with E-state index < -0.39 is 11.7 Å². The third kappa shape index (κ3) is 4.92. The summed E-state index contributed by atoms with van der Waals surface area (Å²) >= 11 is 3.50. The SMILES string of the molecule is COc1c(NC(=O)C(=O)c2ccc(Br)c3ccccc23)cc(C(C)(C)C)cc1C(=O)CC1CC1. The average Bonchev–Trinajstić information content (AvgIpc) is 3.62. The van der Waals surface area contributed by atoms with Crippen LogP contribution in [-0.2, 0) is 10.2 Å². The quantitative estimate of drug-likeness (QED) is 0.277. The number of hydrogen-bond donors (Lipinski definition) is 1. The van der Waals surface area contributed by atoms with E-state index in [1.165, 1.54) is 7.11 Å². The molecule has 0 aliphatic heterocycles. The van der Waals surface area contributed by atoms with Crippen LogP contribution in [0.4, 0.5) is 5.69 Å². The molecule has 0 spiro atoms. The van der Waals surface area contributed by atoms with Gasteiger partial charge in [0.1, 0.15) is 0 Å². The summed E-state index contributed by atoms with van der Waals surface area (Å²) in [4.78, 5) is 39.4. The number of carbonyl (C=O) groups is 3. The number of ether oxygens (including phenoxy) is 1. The van der Waals surface area contributed by atoms with Crippen LogP contribution in [0.25, 0.3) is 10.8 Å². The highest BCUT2D eigenvalue weighted by atomic mass is 79.9. The Labute approximate surface area is 208 Å². The van der Waals surface area contributed by atoms with Gasteiger partial charge in [-0.25, -0.2) is 0 Å². The molecule has 176 valence electrons. The second kappa shape index (κ2) is 9.34. The number of fused-ring (bicyclic) bond motifs is 1. The highest BCUT2D eigenvalue weighted by Crippen LogP contribution is 2.39. The van der Waals surface area contributed by atoms with Gasteiger partial charge in [0.2, 0.25) is 0 Å². The Kier molecular flexibility index (Phi) is 6.63. The molecule has 0 bridgehead atoms. The van der Waals surface area contributed by atoms with Gasteiger partial charge < -0.3 is 10.1 Å². The van der Waals surface area contributed by atoms with Crippen molar-refractivity contribution in [1.29, 1.82) is 0 Å². The van der Waals surface area contributed by atoms with Gasteiger partial charge in [-0.3, -0.25) is 14.4 Å². The maximum Gasteiger partial charge on any atom is 0.296 e. The number of methoxy groups -OCH3 is 1. The number of rotatable bonds is 7. The summed E-state index contributed by atoms with van der Waals surface area (Å²) in [5.74, 6) is -0.734. The zero-order valence-corrected chi connectivity index (χ0v) is 21.4. The molecule has 0 radical (unpaired) electrons. The smallest absolute Gasteiger partial charge is 0.296 e. The van der Waals surface area contributed by atoms with E-state index in [-0.39, 0.29) is 11.2 Å². The minimum atomic E-state index is -0.780. The first kappa shape index (κ1) is 24.1. The summed E-state index contributed by atoms with van der Waals surface area (Å²) in [7, 11) is 1.47. The Balaban J connectivity index is 1.72. The number of benzene rings is 3. The van der Waals surface area contributed by atoms with E-state index in [1.807, 2.05) is 51.1 Å². The van der Waals surface area contributed by atoms with Crippen molar-refractivity contribution in [2.45, 2.75) is 45.4 Å². The van der Waals surface area contributed by atoms with Gasteiger partial charge >= 0.3 is 0 Å². The Morgan fingerprint density at radius 2 is 1.68 bits per heavy atom. The van der Waals surface area contributed by atoms with E-state index in [2.05, 4.69) is 21.2 Å². The molecule has 0 aromatic heterocycles. The van der Waals surface area contributed by atoms with Gasteiger partial charge in [-0.15, -0.1) is 0 Å². The molecule has 3 aromatic carbocycles. The molecule has 1 saturated carbocycles. The summed E-state index contributed by atoms with van der Waals surface area (Å²) in [5, 5.41) is 4.27. The Hall–Kier alpha value is -2.99. The molecular weight excluding hydrogens is 494 g/mol. The Bertz CT molecular complexity index is 1300. The lowest BCUT2D eigenvalue weighted by atomic mass is 9.84. The molecule has 0 atom stereocenters. The van der Waals surface area contributed by atoms with Crippen LogP contribution < -0.4 is 10.1 Å². The van der Waals surface area contributed by atoms with Crippen molar-refractivity contribution in [2.75, 3.05) is 12.4 Å². The normalized spacial score (nSPS) is 13.6. The van der Waals surface area contributed by atoms with Crippen molar-refractivity contribution in [2.24, 2.45) is 5.92 Å². The summed E-state index contributed by atoms with van der Waals surface area (Å²) < 4.78 is 6.43. The number of nitrogens with one attached hydrogen (secondary N) is 1. The summed E-state index contributed by atoms with van der Waals surface area (Å²) in [6, 6.07) is 14.5. The van der Waals surface area contributed by atoms with Crippen LogP contribution in [0.1, 0.15) is 66.3 Å². The first-order valence-corrected chi connectivity index (χ1v) is 12.2. The molecule has 0 saturated heterocycles. The fourth-order valence-electron chi connectivity index (χ4n) is 4.04. The molecule has 0 heterocycles. The monoisotopic (exact) mass is 521 g/mol. The number of hydrogen-bond acceptors (Lipinski definition) is 4. The standard InChI is InChI=1S/C28H28BrNO4/c1-28(2,3)17-14-21(24(31)13-16-9-10-16)26(34-4)23(15-17)30-27(33)25(32)20-11-12-22(29)19-8-6-5-7-18(19)20/h5-8,11-12,14-16H,9-10,13H2,1-4H3,(H,30,33). The molecule has 1 fully saturated rings. The van der Waals surface area contributed by atoms with Gasteiger partial charge in [0.15, 0.2) is 11.5 Å².